The van der Waals surface area contributed by atoms with Crippen LogP contribution in [0.5, 0.6) is 0 Å². The number of carboxylic acid groups (broad SMARTS) is 1. The number of halogens is 2. The highest BCUT2D eigenvalue weighted by molar-refractivity contribution is 6.42. The lowest BCUT2D eigenvalue weighted by atomic mass is 10.0. The van der Waals surface area contributed by atoms with Crippen LogP contribution >= 0.6 is 23.2 Å². The van der Waals surface area contributed by atoms with Gasteiger partial charge in [0.05, 0.1) is 42.8 Å². The normalized spacial score (nSPS) is 10.7. The third-order valence-electron chi connectivity index (χ3n) is 5.05. The van der Waals surface area contributed by atoms with E-state index in [1.165, 1.54) is 23.0 Å². The molecule has 2 heterocycles. The molecule has 3 rings (SSSR count). The quantitative estimate of drug-likeness (QED) is 0.481. The maximum Gasteiger partial charge on any atom is 0.359 e. The Morgan fingerprint density at radius 3 is 2.29 bits per heavy atom. The largest absolute Gasteiger partial charge is 0.477 e. The standard InChI is InChI=1S/C22H19Cl2N3O7/c1-4-27-12(9-26-10-25-17(21(31)33-2)19(26)22(32)34-3)8-15(28)16(20(29)30)18(27)11-5-6-13(23)14(24)7-11/h5-8,10H,4,9H2,1-3H3,(H,29,30). The fraction of sp³-hybridized carbons (Fsp3) is 0.227. The molecule has 0 atom stereocenters. The predicted molar refractivity (Wildman–Crippen MR) is 123 cm³/mol. The number of carboxylic acids is 1. The van der Waals surface area contributed by atoms with Gasteiger partial charge in [0.15, 0.2) is 16.8 Å². The summed E-state index contributed by atoms with van der Waals surface area (Å²) < 4.78 is 12.4. The van der Waals surface area contributed by atoms with Crippen LogP contribution in [0, 0.1) is 0 Å². The minimum Gasteiger partial charge on any atom is -0.477 e. The molecular formula is C22H19Cl2N3O7. The van der Waals surface area contributed by atoms with Crippen molar-refractivity contribution in [2.45, 2.75) is 20.0 Å². The molecular weight excluding hydrogens is 489 g/mol. The van der Waals surface area contributed by atoms with Gasteiger partial charge < -0.3 is 23.7 Å². The number of carbonyl (C=O) groups excluding carboxylic acids is 2. The van der Waals surface area contributed by atoms with E-state index in [1.807, 2.05) is 0 Å². The van der Waals surface area contributed by atoms with Crippen molar-refractivity contribution in [2.75, 3.05) is 14.2 Å². The Morgan fingerprint density at radius 2 is 1.74 bits per heavy atom. The number of nitrogens with zero attached hydrogens (tertiary/aromatic N) is 3. The van der Waals surface area contributed by atoms with Crippen LogP contribution in [-0.4, -0.2) is 51.4 Å². The maximum absolute atomic E-state index is 12.9. The molecule has 0 saturated carbocycles. The van der Waals surface area contributed by atoms with Gasteiger partial charge in [0.1, 0.15) is 5.56 Å². The van der Waals surface area contributed by atoms with Crippen molar-refractivity contribution < 1.29 is 29.0 Å². The maximum atomic E-state index is 12.9. The Morgan fingerprint density at radius 1 is 1.06 bits per heavy atom. The third kappa shape index (κ3) is 4.55. The van der Waals surface area contributed by atoms with Crippen LogP contribution in [0.2, 0.25) is 10.0 Å². The molecule has 178 valence electrons. The van der Waals surface area contributed by atoms with E-state index in [2.05, 4.69) is 9.72 Å². The molecule has 0 unspecified atom stereocenters. The molecule has 10 nitrogen and oxygen atoms in total. The van der Waals surface area contributed by atoms with Crippen molar-refractivity contribution >= 4 is 41.1 Å². The number of methoxy groups -OCH3 is 2. The molecule has 3 aromatic rings. The lowest BCUT2D eigenvalue weighted by Gasteiger charge is -2.20. The summed E-state index contributed by atoms with van der Waals surface area (Å²) in [5, 5.41) is 10.2. The van der Waals surface area contributed by atoms with Crippen molar-refractivity contribution in [3.8, 4) is 11.3 Å². The van der Waals surface area contributed by atoms with Gasteiger partial charge in [0.25, 0.3) is 0 Å². The molecule has 0 spiro atoms. The summed E-state index contributed by atoms with van der Waals surface area (Å²) in [5.74, 6) is -3.09. The van der Waals surface area contributed by atoms with E-state index in [9.17, 15) is 24.3 Å². The van der Waals surface area contributed by atoms with Gasteiger partial charge in [-0.15, -0.1) is 0 Å². The molecule has 12 heteroatoms. The van der Waals surface area contributed by atoms with Gasteiger partial charge in [0, 0.05) is 23.9 Å². The minimum absolute atomic E-state index is 0.105. The van der Waals surface area contributed by atoms with Crippen LogP contribution in [-0.2, 0) is 22.6 Å². The fourth-order valence-corrected chi connectivity index (χ4v) is 3.87. The predicted octanol–water partition coefficient (Wildman–Crippen LogP) is 3.36. The SMILES string of the molecule is CCn1c(Cn2cnc(C(=O)OC)c2C(=O)OC)cc(=O)c(C(=O)O)c1-c1ccc(Cl)c(Cl)c1. The van der Waals surface area contributed by atoms with E-state index in [0.717, 1.165) is 20.3 Å². The Labute approximate surface area is 203 Å². The van der Waals surface area contributed by atoms with Gasteiger partial charge in [-0.05, 0) is 19.1 Å². The zero-order valence-electron chi connectivity index (χ0n) is 18.3. The monoisotopic (exact) mass is 507 g/mol. The van der Waals surface area contributed by atoms with Gasteiger partial charge in [-0.25, -0.2) is 19.4 Å². The van der Waals surface area contributed by atoms with Crippen LogP contribution in [0.4, 0.5) is 0 Å². The topological polar surface area (TPSA) is 130 Å². The number of aromatic nitrogens is 3. The van der Waals surface area contributed by atoms with E-state index in [-0.39, 0.29) is 40.2 Å². The summed E-state index contributed by atoms with van der Waals surface area (Å²) in [6, 6.07) is 5.67. The Kier molecular flexibility index (Phi) is 7.43. The molecule has 0 bridgehead atoms. The van der Waals surface area contributed by atoms with Crippen molar-refractivity contribution in [2.24, 2.45) is 0 Å². The number of hydrogen-bond donors (Lipinski definition) is 1. The lowest BCUT2D eigenvalue weighted by molar-refractivity contribution is 0.0544. The van der Waals surface area contributed by atoms with Crippen LogP contribution in [0.25, 0.3) is 11.3 Å². The average molecular weight is 508 g/mol. The first kappa shape index (κ1) is 25.0. The Bertz CT molecular complexity index is 1360. The number of ether oxygens (including phenoxy) is 2. The van der Waals surface area contributed by atoms with Gasteiger partial charge in [-0.3, -0.25) is 4.79 Å². The van der Waals surface area contributed by atoms with E-state index < -0.39 is 28.9 Å². The number of carbonyl (C=O) groups is 3. The van der Waals surface area contributed by atoms with E-state index in [0.29, 0.717) is 11.3 Å². The Hall–Kier alpha value is -3.63. The molecule has 0 aliphatic heterocycles. The number of esters is 2. The Balaban J connectivity index is 2.28. The third-order valence-corrected chi connectivity index (χ3v) is 5.79. The highest BCUT2D eigenvalue weighted by Crippen LogP contribution is 2.31. The molecule has 34 heavy (non-hydrogen) atoms. The summed E-state index contributed by atoms with van der Waals surface area (Å²) >= 11 is 12.1. The molecule has 1 N–H and O–H groups in total. The number of imidazole rings is 1. The van der Waals surface area contributed by atoms with Crippen molar-refractivity contribution in [3.63, 3.8) is 0 Å². The zero-order chi connectivity index (χ0) is 25.2. The molecule has 2 aromatic heterocycles. The first-order valence-electron chi connectivity index (χ1n) is 9.81. The van der Waals surface area contributed by atoms with Crippen LogP contribution in [0.1, 0.15) is 44.0 Å². The highest BCUT2D eigenvalue weighted by atomic mass is 35.5. The van der Waals surface area contributed by atoms with Gasteiger partial charge >= 0.3 is 17.9 Å². The van der Waals surface area contributed by atoms with Crippen LogP contribution < -0.4 is 5.43 Å². The highest BCUT2D eigenvalue weighted by Gasteiger charge is 2.27. The molecule has 1 aromatic carbocycles. The molecule has 0 aliphatic rings. The van der Waals surface area contributed by atoms with E-state index >= 15 is 0 Å². The first-order valence-corrected chi connectivity index (χ1v) is 10.6. The fourth-order valence-electron chi connectivity index (χ4n) is 3.57. The first-order chi connectivity index (χ1) is 16.1. The van der Waals surface area contributed by atoms with E-state index in [4.69, 9.17) is 27.9 Å². The number of hydrogen-bond acceptors (Lipinski definition) is 7. The molecule has 0 fully saturated rings. The summed E-state index contributed by atoms with van der Waals surface area (Å²) in [4.78, 5) is 53.3. The number of benzene rings is 1. The molecule has 0 aliphatic carbocycles. The number of pyridine rings is 1. The summed E-state index contributed by atoms with van der Waals surface area (Å²) in [5.41, 5.74) is -0.808. The lowest BCUT2D eigenvalue weighted by Crippen LogP contribution is -2.25. The van der Waals surface area contributed by atoms with Crippen LogP contribution in [0.15, 0.2) is 35.4 Å². The van der Waals surface area contributed by atoms with Gasteiger partial charge in [-0.1, -0.05) is 29.3 Å². The second kappa shape index (κ2) is 10.1. The molecule has 0 saturated heterocycles. The molecule has 0 radical (unpaired) electrons. The van der Waals surface area contributed by atoms with Gasteiger partial charge in [-0.2, -0.15) is 0 Å². The summed E-state index contributed by atoms with van der Waals surface area (Å²) in [6.07, 6.45) is 1.23. The molecule has 0 amide bonds. The minimum atomic E-state index is -1.41. The van der Waals surface area contributed by atoms with Crippen molar-refractivity contribution in [1.82, 2.24) is 14.1 Å². The average Bonchev–Trinajstić information content (AvgIpc) is 3.22. The smallest absolute Gasteiger partial charge is 0.359 e. The van der Waals surface area contributed by atoms with Crippen LogP contribution in [0.3, 0.4) is 0 Å². The van der Waals surface area contributed by atoms with Crippen molar-refractivity contribution in [1.29, 1.82) is 0 Å². The summed E-state index contributed by atoms with van der Waals surface area (Å²) in [6.45, 7) is 1.92. The van der Waals surface area contributed by atoms with Gasteiger partial charge in [0.2, 0.25) is 0 Å². The summed E-state index contributed by atoms with van der Waals surface area (Å²) in [7, 11) is 2.29. The second-order valence-electron chi connectivity index (χ2n) is 6.95. The van der Waals surface area contributed by atoms with E-state index in [1.54, 1.807) is 17.6 Å². The van der Waals surface area contributed by atoms with Crippen molar-refractivity contribution in [3.05, 3.63) is 73.5 Å². The number of rotatable bonds is 7. The second-order valence-corrected chi connectivity index (χ2v) is 7.77. The zero-order valence-corrected chi connectivity index (χ0v) is 19.8. The number of aromatic carboxylic acids is 1.